The van der Waals surface area contributed by atoms with Gasteiger partial charge < -0.3 is 5.32 Å². The van der Waals surface area contributed by atoms with E-state index in [0.717, 1.165) is 11.3 Å². The SMILES string of the molecule is Cc1ccc(NC(=O)CSc2n[nH]c(=O)n2C)cc1C. The van der Waals surface area contributed by atoms with Crippen LogP contribution >= 0.6 is 11.8 Å². The zero-order valence-corrected chi connectivity index (χ0v) is 12.4. The largest absolute Gasteiger partial charge is 0.343 e. The minimum Gasteiger partial charge on any atom is -0.325 e. The van der Waals surface area contributed by atoms with Crippen LogP contribution in [0.4, 0.5) is 5.69 Å². The second kappa shape index (κ2) is 5.96. The van der Waals surface area contributed by atoms with E-state index in [4.69, 9.17) is 0 Å². The number of hydrogen-bond acceptors (Lipinski definition) is 4. The lowest BCUT2D eigenvalue weighted by Gasteiger charge is -2.07. The summed E-state index contributed by atoms with van der Waals surface area (Å²) in [4.78, 5) is 23.0. The zero-order valence-electron chi connectivity index (χ0n) is 11.6. The molecule has 7 heteroatoms. The van der Waals surface area contributed by atoms with E-state index in [1.165, 1.54) is 21.9 Å². The molecule has 0 atom stereocenters. The summed E-state index contributed by atoms with van der Waals surface area (Å²) in [6, 6.07) is 5.77. The summed E-state index contributed by atoms with van der Waals surface area (Å²) < 4.78 is 1.37. The normalized spacial score (nSPS) is 10.6. The predicted molar refractivity (Wildman–Crippen MR) is 79.1 cm³/mol. The lowest BCUT2D eigenvalue weighted by Crippen LogP contribution is -2.16. The van der Waals surface area contributed by atoms with Crippen LogP contribution in [0.2, 0.25) is 0 Å². The van der Waals surface area contributed by atoms with E-state index in [9.17, 15) is 9.59 Å². The van der Waals surface area contributed by atoms with Gasteiger partial charge in [-0.1, -0.05) is 17.8 Å². The first-order chi connectivity index (χ1) is 9.47. The second-order valence-electron chi connectivity index (χ2n) is 4.51. The number of rotatable bonds is 4. The predicted octanol–water partition coefficient (Wildman–Crippen LogP) is 1.46. The van der Waals surface area contributed by atoms with E-state index in [-0.39, 0.29) is 17.3 Å². The van der Waals surface area contributed by atoms with Crippen LogP contribution in [0.1, 0.15) is 11.1 Å². The molecule has 0 aliphatic carbocycles. The molecule has 6 nitrogen and oxygen atoms in total. The van der Waals surface area contributed by atoms with Gasteiger partial charge in [-0.25, -0.2) is 9.89 Å². The van der Waals surface area contributed by atoms with Crippen LogP contribution in [-0.4, -0.2) is 26.4 Å². The zero-order chi connectivity index (χ0) is 14.7. The van der Waals surface area contributed by atoms with Gasteiger partial charge in [0.2, 0.25) is 5.91 Å². The molecule has 2 N–H and O–H groups in total. The van der Waals surface area contributed by atoms with Crippen molar-refractivity contribution in [1.29, 1.82) is 0 Å². The standard InChI is InChI=1S/C13H16N4O2S/c1-8-4-5-10(6-9(8)2)14-11(18)7-20-13-16-15-12(19)17(13)3/h4-6H,7H2,1-3H3,(H,14,18)(H,15,19). The maximum Gasteiger partial charge on any atom is 0.343 e. The average Bonchev–Trinajstić information content (AvgIpc) is 2.72. The summed E-state index contributed by atoms with van der Waals surface area (Å²) in [6.07, 6.45) is 0. The van der Waals surface area contributed by atoms with Crippen molar-refractivity contribution in [3.05, 3.63) is 39.8 Å². The quantitative estimate of drug-likeness (QED) is 0.836. The Labute approximate surface area is 120 Å². The van der Waals surface area contributed by atoms with Crippen LogP contribution in [0, 0.1) is 13.8 Å². The number of H-pyrrole nitrogens is 1. The topological polar surface area (TPSA) is 79.8 Å². The Kier molecular flexibility index (Phi) is 4.29. The minimum atomic E-state index is -0.290. The molecule has 2 aromatic rings. The molecule has 2 rings (SSSR count). The summed E-state index contributed by atoms with van der Waals surface area (Å²) >= 11 is 1.21. The number of thioether (sulfide) groups is 1. The van der Waals surface area contributed by atoms with Crippen LogP contribution in [0.5, 0.6) is 0 Å². The van der Waals surface area contributed by atoms with Gasteiger partial charge in [0, 0.05) is 12.7 Å². The molecule has 0 saturated carbocycles. The number of amides is 1. The van der Waals surface area contributed by atoms with Crippen molar-refractivity contribution in [1.82, 2.24) is 14.8 Å². The fourth-order valence-electron chi connectivity index (χ4n) is 1.61. The number of hydrogen-bond donors (Lipinski definition) is 2. The van der Waals surface area contributed by atoms with E-state index in [2.05, 4.69) is 15.5 Å². The smallest absolute Gasteiger partial charge is 0.325 e. The Morgan fingerprint density at radius 2 is 2.15 bits per heavy atom. The maximum atomic E-state index is 11.8. The Morgan fingerprint density at radius 3 is 2.75 bits per heavy atom. The first-order valence-electron chi connectivity index (χ1n) is 6.08. The Balaban J connectivity index is 1.94. The van der Waals surface area contributed by atoms with Crippen molar-refractivity contribution >= 4 is 23.4 Å². The molecule has 106 valence electrons. The van der Waals surface area contributed by atoms with Crippen molar-refractivity contribution in [3.63, 3.8) is 0 Å². The Morgan fingerprint density at radius 1 is 1.40 bits per heavy atom. The summed E-state index contributed by atoms with van der Waals surface area (Å²) in [7, 11) is 1.61. The number of nitrogens with zero attached hydrogens (tertiary/aromatic N) is 2. The van der Waals surface area contributed by atoms with E-state index in [0.29, 0.717) is 5.16 Å². The van der Waals surface area contributed by atoms with Crippen LogP contribution in [-0.2, 0) is 11.8 Å². The van der Waals surface area contributed by atoms with Crippen LogP contribution in [0.25, 0.3) is 0 Å². The second-order valence-corrected chi connectivity index (χ2v) is 5.45. The first-order valence-corrected chi connectivity index (χ1v) is 7.07. The Bertz CT molecular complexity index is 690. The average molecular weight is 292 g/mol. The Hall–Kier alpha value is -2.02. The van der Waals surface area contributed by atoms with Gasteiger partial charge in [-0.15, -0.1) is 5.10 Å². The lowest BCUT2D eigenvalue weighted by atomic mass is 10.1. The fourth-order valence-corrected chi connectivity index (χ4v) is 2.33. The number of benzene rings is 1. The number of carbonyl (C=O) groups excluding carboxylic acids is 1. The molecule has 1 heterocycles. The van der Waals surface area contributed by atoms with E-state index < -0.39 is 0 Å². The van der Waals surface area contributed by atoms with Gasteiger partial charge in [-0.3, -0.25) is 9.36 Å². The van der Waals surface area contributed by atoms with Crippen molar-refractivity contribution in [2.45, 2.75) is 19.0 Å². The molecule has 0 unspecified atom stereocenters. The van der Waals surface area contributed by atoms with Gasteiger partial charge in [0.05, 0.1) is 5.75 Å². The van der Waals surface area contributed by atoms with Crippen molar-refractivity contribution in [2.24, 2.45) is 7.05 Å². The molecule has 0 saturated heterocycles. The molecular weight excluding hydrogens is 276 g/mol. The first kappa shape index (κ1) is 14.4. The van der Waals surface area contributed by atoms with E-state index in [1.807, 2.05) is 32.0 Å². The summed E-state index contributed by atoms with van der Waals surface area (Å²) in [5, 5.41) is 9.47. The highest BCUT2D eigenvalue weighted by Crippen LogP contribution is 2.16. The van der Waals surface area contributed by atoms with Crippen LogP contribution < -0.4 is 11.0 Å². The van der Waals surface area contributed by atoms with Gasteiger partial charge in [0.15, 0.2) is 5.16 Å². The maximum absolute atomic E-state index is 11.8. The van der Waals surface area contributed by atoms with Gasteiger partial charge in [0.1, 0.15) is 0 Å². The highest BCUT2D eigenvalue weighted by molar-refractivity contribution is 7.99. The molecule has 20 heavy (non-hydrogen) atoms. The molecule has 1 aromatic heterocycles. The van der Waals surface area contributed by atoms with Gasteiger partial charge in [-0.2, -0.15) is 0 Å². The summed E-state index contributed by atoms with van der Waals surface area (Å²) in [5.41, 5.74) is 2.80. The molecule has 0 spiro atoms. The lowest BCUT2D eigenvalue weighted by molar-refractivity contribution is -0.113. The molecule has 0 radical (unpaired) electrons. The van der Waals surface area contributed by atoms with Crippen LogP contribution in [0.3, 0.4) is 0 Å². The highest BCUT2D eigenvalue weighted by Gasteiger charge is 2.09. The molecule has 0 aliphatic heterocycles. The molecule has 0 bridgehead atoms. The van der Waals surface area contributed by atoms with Gasteiger partial charge in [-0.05, 0) is 37.1 Å². The number of nitrogens with one attached hydrogen (secondary N) is 2. The third-order valence-electron chi connectivity index (χ3n) is 2.96. The summed E-state index contributed by atoms with van der Waals surface area (Å²) in [5.74, 6) is 0.0686. The molecule has 0 aliphatic rings. The molecule has 1 amide bonds. The number of aromatic amines is 1. The number of aryl methyl sites for hydroxylation is 2. The van der Waals surface area contributed by atoms with Crippen molar-refractivity contribution in [2.75, 3.05) is 11.1 Å². The highest BCUT2D eigenvalue weighted by atomic mass is 32.2. The number of aromatic nitrogens is 3. The third kappa shape index (κ3) is 3.30. The minimum absolute atomic E-state index is 0.131. The monoisotopic (exact) mass is 292 g/mol. The molecular formula is C13H16N4O2S. The van der Waals surface area contributed by atoms with Gasteiger partial charge >= 0.3 is 5.69 Å². The van der Waals surface area contributed by atoms with Crippen molar-refractivity contribution < 1.29 is 4.79 Å². The van der Waals surface area contributed by atoms with Crippen molar-refractivity contribution in [3.8, 4) is 0 Å². The summed E-state index contributed by atoms with van der Waals surface area (Å²) in [6.45, 7) is 4.02. The number of anilines is 1. The number of carbonyl (C=O) groups is 1. The molecule has 1 aromatic carbocycles. The van der Waals surface area contributed by atoms with Crippen LogP contribution in [0.15, 0.2) is 28.2 Å². The fraction of sp³-hybridized carbons (Fsp3) is 0.308. The van der Waals surface area contributed by atoms with Gasteiger partial charge in [0.25, 0.3) is 0 Å². The molecule has 0 fully saturated rings. The third-order valence-corrected chi connectivity index (χ3v) is 3.99. The van der Waals surface area contributed by atoms with E-state index in [1.54, 1.807) is 7.05 Å². The van der Waals surface area contributed by atoms with E-state index >= 15 is 0 Å².